The molecule has 2 heteroatoms. The normalized spacial score (nSPS) is 18.3. The molecule has 94 valence electrons. The SMILES string of the molecule is CCC(C)(C)C1OC(C(C)C)=C(C(C)C)O1. The first-order chi connectivity index (χ1) is 7.29. The van der Waals surface area contributed by atoms with Crippen molar-refractivity contribution in [3.8, 4) is 0 Å². The van der Waals surface area contributed by atoms with Gasteiger partial charge < -0.3 is 9.47 Å². The molecular weight excluding hydrogens is 200 g/mol. The quantitative estimate of drug-likeness (QED) is 0.710. The molecule has 0 aromatic rings. The predicted molar refractivity (Wildman–Crippen MR) is 66.7 cm³/mol. The van der Waals surface area contributed by atoms with Crippen LogP contribution in [0.4, 0.5) is 0 Å². The van der Waals surface area contributed by atoms with Crippen LogP contribution >= 0.6 is 0 Å². The molecule has 0 saturated heterocycles. The van der Waals surface area contributed by atoms with Crippen LogP contribution in [0.25, 0.3) is 0 Å². The van der Waals surface area contributed by atoms with Crippen LogP contribution in [0.1, 0.15) is 54.9 Å². The Hall–Kier alpha value is -0.660. The summed E-state index contributed by atoms with van der Waals surface area (Å²) in [5, 5.41) is 0. The molecule has 0 bridgehead atoms. The maximum atomic E-state index is 6.01. The van der Waals surface area contributed by atoms with Crippen LogP contribution < -0.4 is 0 Å². The van der Waals surface area contributed by atoms with Crippen molar-refractivity contribution in [2.45, 2.75) is 61.2 Å². The summed E-state index contributed by atoms with van der Waals surface area (Å²) < 4.78 is 12.0. The van der Waals surface area contributed by atoms with Crippen LogP contribution in [0.15, 0.2) is 11.5 Å². The summed E-state index contributed by atoms with van der Waals surface area (Å²) in [6.45, 7) is 15.2. The number of hydrogen-bond donors (Lipinski definition) is 0. The predicted octanol–water partition coefficient (Wildman–Crippen LogP) is 4.32. The molecule has 0 N–H and O–H groups in total. The summed E-state index contributed by atoms with van der Waals surface area (Å²) >= 11 is 0. The fraction of sp³-hybridized carbons (Fsp3) is 0.857. The van der Waals surface area contributed by atoms with E-state index < -0.39 is 0 Å². The van der Waals surface area contributed by atoms with E-state index in [1.807, 2.05) is 0 Å². The fourth-order valence-electron chi connectivity index (χ4n) is 1.70. The topological polar surface area (TPSA) is 18.5 Å². The average Bonchev–Trinajstić information content (AvgIpc) is 2.62. The van der Waals surface area contributed by atoms with Crippen molar-refractivity contribution in [3.63, 3.8) is 0 Å². The minimum Gasteiger partial charge on any atom is -0.455 e. The van der Waals surface area contributed by atoms with Gasteiger partial charge in [0.05, 0.1) is 0 Å². The van der Waals surface area contributed by atoms with Crippen molar-refractivity contribution in [3.05, 3.63) is 11.5 Å². The van der Waals surface area contributed by atoms with Gasteiger partial charge in [-0.25, -0.2) is 0 Å². The third kappa shape index (κ3) is 2.53. The van der Waals surface area contributed by atoms with Crippen LogP contribution in [0, 0.1) is 17.3 Å². The average molecular weight is 226 g/mol. The molecular formula is C14H26O2. The molecule has 0 unspecified atom stereocenters. The maximum Gasteiger partial charge on any atom is 0.245 e. The van der Waals surface area contributed by atoms with Gasteiger partial charge in [0.2, 0.25) is 6.29 Å². The first-order valence-corrected chi connectivity index (χ1v) is 6.37. The third-order valence-electron chi connectivity index (χ3n) is 3.31. The molecule has 0 spiro atoms. The van der Waals surface area contributed by atoms with Crippen molar-refractivity contribution in [1.29, 1.82) is 0 Å². The zero-order valence-electron chi connectivity index (χ0n) is 11.8. The molecule has 0 fully saturated rings. The van der Waals surface area contributed by atoms with E-state index in [2.05, 4.69) is 48.5 Å². The lowest BCUT2D eigenvalue weighted by Gasteiger charge is -2.29. The molecule has 16 heavy (non-hydrogen) atoms. The lowest BCUT2D eigenvalue weighted by atomic mass is 9.89. The van der Waals surface area contributed by atoms with E-state index in [9.17, 15) is 0 Å². The highest BCUT2D eigenvalue weighted by Crippen LogP contribution is 2.40. The number of ether oxygens (including phenoxy) is 2. The number of hydrogen-bond acceptors (Lipinski definition) is 2. The van der Waals surface area contributed by atoms with Crippen LogP contribution in [0.3, 0.4) is 0 Å². The van der Waals surface area contributed by atoms with Gasteiger partial charge in [0, 0.05) is 17.3 Å². The molecule has 0 atom stereocenters. The highest BCUT2D eigenvalue weighted by atomic mass is 16.7. The largest absolute Gasteiger partial charge is 0.455 e. The second-order valence-electron chi connectivity index (χ2n) is 5.95. The van der Waals surface area contributed by atoms with E-state index >= 15 is 0 Å². The first-order valence-electron chi connectivity index (χ1n) is 6.37. The Kier molecular flexibility index (Phi) is 3.92. The Balaban J connectivity index is 2.86. The van der Waals surface area contributed by atoms with Gasteiger partial charge in [-0.2, -0.15) is 0 Å². The Morgan fingerprint density at radius 1 is 1.00 bits per heavy atom. The Morgan fingerprint density at radius 2 is 1.38 bits per heavy atom. The highest BCUT2D eigenvalue weighted by Gasteiger charge is 2.39. The second kappa shape index (κ2) is 4.68. The zero-order valence-corrected chi connectivity index (χ0v) is 11.8. The van der Waals surface area contributed by atoms with Gasteiger partial charge in [0.25, 0.3) is 0 Å². The monoisotopic (exact) mass is 226 g/mol. The van der Waals surface area contributed by atoms with E-state index in [-0.39, 0.29) is 11.7 Å². The standard InChI is InChI=1S/C14H26O2/c1-8-14(6,7)13-15-11(9(2)3)12(16-13)10(4)5/h9-10,13H,8H2,1-7H3. The molecule has 2 nitrogen and oxygen atoms in total. The van der Waals surface area contributed by atoms with Crippen molar-refractivity contribution < 1.29 is 9.47 Å². The van der Waals surface area contributed by atoms with Crippen molar-refractivity contribution in [1.82, 2.24) is 0 Å². The summed E-state index contributed by atoms with van der Waals surface area (Å²) in [5.74, 6) is 2.88. The summed E-state index contributed by atoms with van der Waals surface area (Å²) in [7, 11) is 0. The first kappa shape index (κ1) is 13.4. The van der Waals surface area contributed by atoms with Crippen molar-refractivity contribution in [2.24, 2.45) is 17.3 Å². The van der Waals surface area contributed by atoms with E-state index in [0.29, 0.717) is 11.8 Å². The highest BCUT2D eigenvalue weighted by molar-refractivity contribution is 5.11. The van der Waals surface area contributed by atoms with E-state index in [0.717, 1.165) is 17.9 Å². The molecule has 1 rings (SSSR count). The molecule has 1 aliphatic heterocycles. The van der Waals surface area contributed by atoms with Crippen LogP contribution in [0.5, 0.6) is 0 Å². The summed E-state index contributed by atoms with van der Waals surface area (Å²) in [4.78, 5) is 0. The Bertz CT molecular complexity index is 254. The molecule has 0 aromatic carbocycles. The lowest BCUT2D eigenvalue weighted by Crippen LogP contribution is -2.30. The minimum absolute atomic E-state index is 0.0663. The molecule has 0 radical (unpaired) electrons. The maximum absolute atomic E-state index is 6.01. The van der Waals surface area contributed by atoms with Gasteiger partial charge >= 0.3 is 0 Å². The minimum atomic E-state index is -0.118. The molecule has 0 amide bonds. The van der Waals surface area contributed by atoms with Crippen LogP contribution in [-0.2, 0) is 9.47 Å². The molecule has 1 heterocycles. The van der Waals surface area contributed by atoms with E-state index in [1.54, 1.807) is 0 Å². The fourth-order valence-corrected chi connectivity index (χ4v) is 1.70. The van der Waals surface area contributed by atoms with Crippen LogP contribution in [-0.4, -0.2) is 6.29 Å². The lowest BCUT2D eigenvalue weighted by molar-refractivity contribution is -0.123. The van der Waals surface area contributed by atoms with Crippen molar-refractivity contribution >= 4 is 0 Å². The Labute approximate surface area is 100 Å². The molecule has 0 saturated carbocycles. The summed E-state index contributed by atoms with van der Waals surface area (Å²) in [6.07, 6.45) is 0.932. The molecule has 1 aliphatic rings. The van der Waals surface area contributed by atoms with Gasteiger partial charge in [0.15, 0.2) is 0 Å². The van der Waals surface area contributed by atoms with Crippen molar-refractivity contribution in [2.75, 3.05) is 0 Å². The number of rotatable bonds is 4. The van der Waals surface area contributed by atoms with Gasteiger partial charge in [-0.05, 0) is 6.42 Å². The van der Waals surface area contributed by atoms with Gasteiger partial charge in [-0.1, -0.05) is 48.5 Å². The molecule has 0 aliphatic carbocycles. The second-order valence-corrected chi connectivity index (χ2v) is 5.95. The van der Waals surface area contributed by atoms with Gasteiger partial charge in [0.1, 0.15) is 11.5 Å². The smallest absolute Gasteiger partial charge is 0.245 e. The van der Waals surface area contributed by atoms with E-state index in [1.165, 1.54) is 0 Å². The zero-order chi connectivity index (χ0) is 12.5. The van der Waals surface area contributed by atoms with E-state index in [4.69, 9.17) is 9.47 Å². The van der Waals surface area contributed by atoms with Gasteiger partial charge in [-0.3, -0.25) is 0 Å². The van der Waals surface area contributed by atoms with Crippen LogP contribution in [0.2, 0.25) is 0 Å². The Morgan fingerprint density at radius 3 is 1.62 bits per heavy atom. The molecule has 0 aromatic heterocycles. The summed E-state index contributed by atoms with van der Waals surface area (Å²) in [5.41, 5.74) is 0.0663. The third-order valence-corrected chi connectivity index (χ3v) is 3.31. The van der Waals surface area contributed by atoms with Gasteiger partial charge in [-0.15, -0.1) is 0 Å². The summed E-state index contributed by atoms with van der Waals surface area (Å²) in [6, 6.07) is 0. The number of allylic oxidation sites excluding steroid dienone is 2.